The third-order valence-corrected chi connectivity index (χ3v) is 11.3. The van der Waals surface area contributed by atoms with Gasteiger partial charge in [0, 0.05) is 42.6 Å². The largest absolute Gasteiger partial charge is 0.457 e. The molecular weight excluding hydrogens is 638 g/mol. The van der Waals surface area contributed by atoms with Crippen molar-refractivity contribution in [2.45, 2.75) is 115 Å². The van der Waals surface area contributed by atoms with E-state index >= 15 is 8.78 Å². The number of carbonyl (C=O) groups is 4. The van der Waals surface area contributed by atoms with Crippen molar-refractivity contribution in [3.8, 4) is 0 Å². The predicted octanol–water partition coefficient (Wildman–Crippen LogP) is 3.54. The molecule has 0 aromatic carbocycles. The van der Waals surface area contributed by atoms with Gasteiger partial charge in [-0.05, 0) is 64.0 Å². The quantitative estimate of drug-likeness (QED) is 0.126. The molecule has 2 saturated carbocycles. The van der Waals surface area contributed by atoms with E-state index in [1.807, 2.05) is 0 Å². The molecule has 5 aliphatic rings. The lowest BCUT2D eigenvalue weighted by Crippen LogP contribution is -2.70. The highest BCUT2D eigenvalue weighted by Crippen LogP contribution is 2.72. The molecule has 0 aromatic heterocycles. The van der Waals surface area contributed by atoms with Gasteiger partial charge in [-0.2, -0.15) is 0 Å². The summed E-state index contributed by atoms with van der Waals surface area (Å²) in [6, 6.07) is 0. The molecule has 0 aromatic rings. The first-order valence-electron chi connectivity index (χ1n) is 16.5. The van der Waals surface area contributed by atoms with E-state index in [4.69, 9.17) is 14.2 Å². The van der Waals surface area contributed by atoms with Gasteiger partial charge >= 0.3 is 5.97 Å². The summed E-state index contributed by atoms with van der Waals surface area (Å²) in [7, 11) is 0. The molecular formula is C33H44F2N2O11. The number of Topliss-reactive ketones (excluding diaryl/α,β-unsaturated/α-hetero) is 1. The van der Waals surface area contributed by atoms with Gasteiger partial charge in [-0.15, -0.1) is 10.1 Å². The highest BCUT2D eigenvalue weighted by Gasteiger charge is 2.80. The zero-order chi connectivity index (χ0) is 35.3. The van der Waals surface area contributed by atoms with Crippen LogP contribution in [0.5, 0.6) is 0 Å². The Bertz CT molecular complexity index is 1430. The first kappa shape index (κ1) is 36.0. The van der Waals surface area contributed by atoms with Crippen LogP contribution in [0, 0.1) is 32.8 Å². The molecule has 48 heavy (non-hydrogen) atoms. The molecule has 15 heteroatoms. The summed E-state index contributed by atoms with van der Waals surface area (Å²) in [6.45, 7) is 5.71. The Hall–Kier alpha value is -3.30. The average molecular weight is 683 g/mol. The van der Waals surface area contributed by atoms with Gasteiger partial charge < -0.3 is 29.5 Å². The number of aliphatic hydroxyl groups excluding tert-OH is 1. The SMILES string of the molecule is CC1(C)O[C@@H]2C[C@H]3[C@@H]4CC(F)=C5CC(=O)C=C[C@]5(C)[C@@]4(F)[C@@H](O)C[C@]3(C)[C@]2(C(=O)COC(=O)CCNC(=O)CCCCCO[N+](=O)[O-])O1. The fourth-order valence-electron chi connectivity index (χ4n) is 9.20. The zero-order valence-corrected chi connectivity index (χ0v) is 27.7. The number of allylic oxidation sites excluding steroid dienone is 4. The molecule has 8 atom stereocenters. The van der Waals surface area contributed by atoms with Crippen molar-refractivity contribution < 1.29 is 57.2 Å². The van der Waals surface area contributed by atoms with Gasteiger partial charge in [0.2, 0.25) is 11.7 Å². The van der Waals surface area contributed by atoms with Crippen LogP contribution in [0.2, 0.25) is 0 Å². The summed E-state index contributed by atoms with van der Waals surface area (Å²) in [6.07, 6.45) is 0.745. The second kappa shape index (κ2) is 12.9. The number of ether oxygens (including phenoxy) is 3. The van der Waals surface area contributed by atoms with Gasteiger partial charge in [0.05, 0.1) is 25.2 Å². The van der Waals surface area contributed by atoms with Crippen LogP contribution in [0.25, 0.3) is 0 Å². The maximum atomic E-state index is 17.6. The molecule has 1 heterocycles. The molecule has 266 valence electrons. The van der Waals surface area contributed by atoms with E-state index in [0.29, 0.717) is 19.3 Å². The third kappa shape index (κ3) is 5.85. The first-order valence-corrected chi connectivity index (χ1v) is 16.5. The van der Waals surface area contributed by atoms with Gasteiger partial charge in [0.15, 0.2) is 29.4 Å². The van der Waals surface area contributed by atoms with Crippen LogP contribution in [0.3, 0.4) is 0 Å². The van der Waals surface area contributed by atoms with Crippen LogP contribution in [-0.4, -0.2) is 82.7 Å². The van der Waals surface area contributed by atoms with Gasteiger partial charge in [0.1, 0.15) is 5.83 Å². The number of hydrogen-bond donors (Lipinski definition) is 2. The Morgan fingerprint density at radius 2 is 1.88 bits per heavy atom. The van der Waals surface area contributed by atoms with E-state index in [1.165, 1.54) is 19.1 Å². The molecule has 0 radical (unpaired) electrons. The van der Waals surface area contributed by atoms with Crippen LogP contribution < -0.4 is 5.32 Å². The Morgan fingerprint density at radius 1 is 1.15 bits per heavy atom. The van der Waals surface area contributed by atoms with Gasteiger partial charge in [0.25, 0.3) is 5.09 Å². The number of ketones is 2. The molecule has 1 amide bonds. The lowest BCUT2D eigenvalue weighted by atomic mass is 9.45. The number of unbranched alkanes of at least 4 members (excludes halogenated alkanes) is 2. The summed E-state index contributed by atoms with van der Waals surface area (Å²) in [5.41, 5.74) is -6.83. The number of fused-ring (bicyclic) bond motifs is 7. The first-order chi connectivity index (χ1) is 22.4. The number of esters is 1. The second-order valence-corrected chi connectivity index (χ2v) is 14.5. The fraction of sp³-hybridized carbons (Fsp3) is 0.758. The number of aliphatic hydroxyl groups is 1. The Morgan fingerprint density at radius 3 is 2.58 bits per heavy atom. The number of carbonyl (C=O) groups excluding carboxylic acids is 4. The van der Waals surface area contributed by atoms with E-state index in [0.717, 1.165) is 0 Å². The molecule has 13 nitrogen and oxygen atoms in total. The number of alkyl halides is 1. The lowest BCUT2D eigenvalue weighted by Gasteiger charge is -2.62. The van der Waals surface area contributed by atoms with Crippen molar-refractivity contribution in [1.29, 1.82) is 0 Å². The standard InChI is InChI=1S/C33H44F2N2O11/c1-29(2)47-26-16-20-21-15-23(34)22-14-19(38)9-11-30(22,3)32(21,35)24(39)17-31(20,4)33(26,48-29)25(40)18-45-28(42)10-12-36-27(41)8-6-5-7-13-46-37(43)44/h9,11,20-21,24,26,39H,5-8,10,12-18H2,1-4H3,(H,36,41)/t20-,21-,24-,26+,30-,31-,32-,33+/m0/s1. The van der Waals surface area contributed by atoms with Crippen molar-refractivity contribution in [3.63, 3.8) is 0 Å². The van der Waals surface area contributed by atoms with Crippen molar-refractivity contribution >= 4 is 23.4 Å². The minimum absolute atomic E-state index is 0.0389. The maximum Gasteiger partial charge on any atom is 0.308 e. The summed E-state index contributed by atoms with van der Waals surface area (Å²) in [4.78, 5) is 65.3. The minimum Gasteiger partial charge on any atom is -0.457 e. The van der Waals surface area contributed by atoms with Crippen LogP contribution in [0.15, 0.2) is 23.6 Å². The molecule has 5 rings (SSSR count). The Balaban J connectivity index is 1.25. The van der Waals surface area contributed by atoms with E-state index < -0.39 is 81.2 Å². The number of halogens is 2. The van der Waals surface area contributed by atoms with Gasteiger partial charge in [-0.3, -0.25) is 19.2 Å². The van der Waals surface area contributed by atoms with E-state index in [2.05, 4.69) is 10.2 Å². The molecule has 0 bridgehead atoms. The molecule has 0 unspecified atom stereocenters. The summed E-state index contributed by atoms with van der Waals surface area (Å²) in [5.74, 6) is -5.59. The summed E-state index contributed by atoms with van der Waals surface area (Å²) >= 11 is 0. The minimum atomic E-state index is -2.33. The summed E-state index contributed by atoms with van der Waals surface area (Å²) < 4.78 is 51.2. The molecule has 3 fully saturated rings. The number of nitrogens with zero attached hydrogens (tertiary/aromatic N) is 1. The maximum absolute atomic E-state index is 17.6. The fourth-order valence-corrected chi connectivity index (χ4v) is 9.20. The van der Waals surface area contributed by atoms with Crippen LogP contribution >= 0.6 is 0 Å². The molecule has 4 aliphatic carbocycles. The van der Waals surface area contributed by atoms with Crippen LogP contribution in [0.4, 0.5) is 8.78 Å². The Labute approximate surface area is 276 Å². The number of amides is 1. The van der Waals surface area contributed by atoms with E-state index in [9.17, 15) is 34.4 Å². The van der Waals surface area contributed by atoms with Crippen LogP contribution in [-0.2, 0) is 38.2 Å². The van der Waals surface area contributed by atoms with Gasteiger partial charge in [-0.1, -0.05) is 19.4 Å². The summed E-state index contributed by atoms with van der Waals surface area (Å²) in [5, 5.41) is 23.5. The number of hydrogen-bond acceptors (Lipinski definition) is 11. The van der Waals surface area contributed by atoms with Crippen molar-refractivity contribution in [1.82, 2.24) is 5.32 Å². The van der Waals surface area contributed by atoms with Crippen molar-refractivity contribution in [3.05, 3.63) is 33.7 Å². The number of nitrogens with one attached hydrogen (secondary N) is 1. The van der Waals surface area contributed by atoms with Crippen molar-refractivity contribution in [2.75, 3.05) is 19.8 Å². The smallest absolute Gasteiger partial charge is 0.308 e. The topological polar surface area (TPSA) is 181 Å². The molecule has 2 N–H and O–H groups in total. The van der Waals surface area contributed by atoms with E-state index in [-0.39, 0.29) is 68.9 Å². The van der Waals surface area contributed by atoms with Gasteiger partial charge in [-0.25, -0.2) is 8.78 Å². The normalized spacial score (nSPS) is 37.6. The lowest BCUT2D eigenvalue weighted by molar-refractivity contribution is -0.757. The molecule has 1 aliphatic heterocycles. The molecule has 0 spiro atoms. The number of rotatable bonds is 13. The molecule has 1 saturated heterocycles. The predicted molar refractivity (Wildman–Crippen MR) is 162 cm³/mol. The highest BCUT2D eigenvalue weighted by atomic mass is 19.1. The zero-order valence-electron chi connectivity index (χ0n) is 27.7. The van der Waals surface area contributed by atoms with Crippen molar-refractivity contribution in [2.24, 2.45) is 22.7 Å². The third-order valence-electron chi connectivity index (χ3n) is 11.3. The Kier molecular flexibility index (Phi) is 9.65. The monoisotopic (exact) mass is 682 g/mol. The van der Waals surface area contributed by atoms with Crippen LogP contribution in [0.1, 0.15) is 85.5 Å². The average Bonchev–Trinajstić information content (AvgIpc) is 3.41. The second-order valence-electron chi connectivity index (χ2n) is 14.5. The van der Waals surface area contributed by atoms with E-state index in [1.54, 1.807) is 20.8 Å². The highest BCUT2D eigenvalue weighted by molar-refractivity contribution is 5.94.